The number of unbranched alkanes of at least 4 members (excludes halogenated alkanes) is 1. The highest BCUT2D eigenvalue weighted by atomic mass is 16.5. The molecular weight excluding hydrogens is 570 g/mol. The van der Waals surface area contributed by atoms with E-state index in [2.05, 4.69) is 30.6 Å². The second-order valence-corrected chi connectivity index (χ2v) is 10.6. The van der Waals surface area contributed by atoms with E-state index in [0.717, 1.165) is 11.1 Å². The van der Waals surface area contributed by atoms with Crippen LogP contribution in [0.15, 0.2) is 90.0 Å². The summed E-state index contributed by atoms with van der Waals surface area (Å²) in [5, 5.41) is 6.85. The number of carbonyl (C=O) groups is 1. The molecule has 3 heterocycles. The van der Waals surface area contributed by atoms with Gasteiger partial charge in [0.15, 0.2) is 11.5 Å². The fraction of sp³-hybridized carbons (Fsp3) is 0.212. The van der Waals surface area contributed by atoms with Gasteiger partial charge in [-0.3, -0.25) is 9.36 Å². The zero-order valence-electron chi connectivity index (χ0n) is 24.7. The zero-order valence-corrected chi connectivity index (χ0v) is 24.7. The summed E-state index contributed by atoms with van der Waals surface area (Å²) < 4.78 is 6.98. The van der Waals surface area contributed by atoms with Gasteiger partial charge in [-0.1, -0.05) is 60.7 Å². The van der Waals surface area contributed by atoms with Gasteiger partial charge in [-0.15, -0.1) is 0 Å². The number of benzene rings is 3. The van der Waals surface area contributed by atoms with E-state index in [4.69, 9.17) is 15.5 Å². The van der Waals surface area contributed by atoms with Crippen LogP contribution in [-0.4, -0.2) is 42.1 Å². The first kappa shape index (κ1) is 29.3. The Hall–Kier alpha value is -5.78. The van der Waals surface area contributed by atoms with Crippen molar-refractivity contribution >= 4 is 39.9 Å². The molecule has 45 heavy (non-hydrogen) atoms. The molecule has 6 rings (SSSR count). The van der Waals surface area contributed by atoms with Crippen LogP contribution in [0, 0.1) is 6.92 Å². The number of nitrogens with two attached hydrogens (primary N) is 1. The first-order chi connectivity index (χ1) is 22.0. The molecule has 228 valence electrons. The molecule has 3 aromatic heterocycles. The molecule has 12 heteroatoms. The van der Waals surface area contributed by atoms with Gasteiger partial charge in [-0.25, -0.2) is 14.8 Å². The van der Waals surface area contributed by atoms with Crippen molar-refractivity contribution in [3.8, 4) is 5.69 Å². The van der Waals surface area contributed by atoms with Crippen molar-refractivity contribution in [3.63, 3.8) is 0 Å². The monoisotopic (exact) mass is 603 g/mol. The van der Waals surface area contributed by atoms with Crippen molar-refractivity contribution in [2.45, 2.75) is 38.8 Å². The van der Waals surface area contributed by atoms with Crippen molar-refractivity contribution < 1.29 is 9.53 Å². The Morgan fingerprint density at radius 2 is 1.76 bits per heavy atom. The maximum atomic E-state index is 14.1. The largest absolute Gasteiger partial charge is 0.445 e. The van der Waals surface area contributed by atoms with Crippen LogP contribution in [0.4, 0.5) is 16.6 Å². The Bertz CT molecular complexity index is 1990. The number of ether oxygens (including phenoxy) is 1. The molecule has 0 saturated carbocycles. The number of aryl methyl sites for hydroxylation is 1. The van der Waals surface area contributed by atoms with Crippen LogP contribution >= 0.6 is 0 Å². The standard InChI is InChI=1S/C33H33N9O3/c1-21-11-10-17-24-26(21)31(43)42(23-14-6-3-7-15-23)30(39-24)25(38-29-27-28(37-20-36-27)40-32(34)41-29)16-8-9-18-35-33(44)45-19-22-12-4-2-5-13-22/h2-7,10-15,17,20,25H,8-9,16,18-19H2,1H3,(H,35,44)(H4,34,36,37,38,40,41). The second kappa shape index (κ2) is 13.2. The zero-order chi connectivity index (χ0) is 31.2. The van der Waals surface area contributed by atoms with E-state index in [0.29, 0.717) is 65.2 Å². The van der Waals surface area contributed by atoms with Gasteiger partial charge in [0.05, 0.1) is 29.0 Å². The number of hydrogen-bond donors (Lipinski definition) is 4. The molecule has 12 nitrogen and oxygen atoms in total. The maximum absolute atomic E-state index is 14.1. The van der Waals surface area contributed by atoms with Crippen LogP contribution < -0.4 is 21.9 Å². The maximum Gasteiger partial charge on any atom is 0.407 e. The number of carbonyl (C=O) groups excluding carboxylic acids is 1. The van der Waals surface area contributed by atoms with Crippen molar-refractivity contribution in [1.82, 2.24) is 34.8 Å². The second-order valence-electron chi connectivity index (χ2n) is 10.6. The summed E-state index contributed by atoms with van der Waals surface area (Å²) in [6.45, 7) is 2.53. The summed E-state index contributed by atoms with van der Waals surface area (Å²) in [6, 6.07) is 24.1. The molecule has 0 bridgehead atoms. The molecule has 0 radical (unpaired) electrons. The average molecular weight is 604 g/mol. The Kier molecular flexibility index (Phi) is 8.63. The third-order valence-electron chi connectivity index (χ3n) is 7.47. The van der Waals surface area contributed by atoms with E-state index in [-0.39, 0.29) is 18.1 Å². The van der Waals surface area contributed by atoms with E-state index < -0.39 is 12.1 Å². The van der Waals surface area contributed by atoms with Gasteiger partial charge in [0.2, 0.25) is 5.95 Å². The molecule has 0 aliphatic carbocycles. The van der Waals surface area contributed by atoms with Crippen LogP contribution in [0.3, 0.4) is 0 Å². The number of fused-ring (bicyclic) bond motifs is 2. The predicted molar refractivity (Wildman–Crippen MR) is 173 cm³/mol. The Morgan fingerprint density at radius 3 is 2.56 bits per heavy atom. The Morgan fingerprint density at radius 1 is 0.978 bits per heavy atom. The third kappa shape index (κ3) is 6.59. The number of rotatable bonds is 11. The average Bonchev–Trinajstić information content (AvgIpc) is 3.52. The Labute approximate surface area is 258 Å². The highest BCUT2D eigenvalue weighted by Crippen LogP contribution is 2.28. The molecule has 0 fully saturated rings. The molecule has 0 aliphatic heterocycles. The summed E-state index contributed by atoms with van der Waals surface area (Å²) in [6.07, 6.45) is 2.93. The lowest BCUT2D eigenvalue weighted by molar-refractivity contribution is 0.139. The molecule has 0 spiro atoms. The van der Waals surface area contributed by atoms with E-state index in [1.54, 1.807) is 4.57 Å². The van der Waals surface area contributed by atoms with Crippen LogP contribution in [0.2, 0.25) is 0 Å². The van der Waals surface area contributed by atoms with Gasteiger partial charge in [0, 0.05) is 6.54 Å². The number of H-pyrrole nitrogens is 1. The number of aromatic amines is 1. The van der Waals surface area contributed by atoms with E-state index >= 15 is 0 Å². The van der Waals surface area contributed by atoms with Crippen molar-refractivity contribution in [2.24, 2.45) is 0 Å². The number of nitrogens with zero attached hydrogens (tertiary/aromatic N) is 5. The van der Waals surface area contributed by atoms with Gasteiger partial charge < -0.3 is 26.1 Å². The van der Waals surface area contributed by atoms with E-state index in [1.807, 2.05) is 85.8 Å². The van der Waals surface area contributed by atoms with Gasteiger partial charge in [0.25, 0.3) is 5.56 Å². The lowest BCUT2D eigenvalue weighted by Crippen LogP contribution is -2.29. The van der Waals surface area contributed by atoms with Crippen LogP contribution in [0.1, 0.15) is 42.3 Å². The lowest BCUT2D eigenvalue weighted by Gasteiger charge is -2.24. The highest BCUT2D eigenvalue weighted by Gasteiger charge is 2.24. The SMILES string of the molecule is Cc1cccc2nc(C(CCCCNC(=O)OCc3ccccc3)Nc3nc(N)nc4[nH]cnc34)n(-c3ccccc3)c(=O)c12. The predicted octanol–water partition coefficient (Wildman–Crippen LogP) is 5.19. The molecule has 1 unspecified atom stereocenters. The minimum absolute atomic E-state index is 0.0776. The van der Waals surface area contributed by atoms with Crippen molar-refractivity contribution in [3.05, 3.63) is 112 Å². The number of imidazole rings is 1. The normalized spacial score (nSPS) is 11.8. The minimum Gasteiger partial charge on any atom is -0.445 e. The molecular formula is C33H33N9O3. The summed E-state index contributed by atoms with van der Waals surface area (Å²) >= 11 is 0. The van der Waals surface area contributed by atoms with Crippen molar-refractivity contribution in [2.75, 3.05) is 17.6 Å². The molecule has 5 N–H and O–H groups in total. The number of alkyl carbamates (subject to hydrolysis) is 1. The number of para-hydroxylation sites is 1. The number of hydrogen-bond acceptors (Lipinski definition) is 9. The fourth-order valence-corrected chi connectivity index (χ4v) is 5.30. The smallest absolute Gasteiger partial charge is 0.407 e. The number of aromatic nitrogens is 6. The van der Waals surface area contributed by atoms with E-state index in [1.165, 1.54) is 6.33 Å². The summed E-state index contributed by atoms with van der Waals surface area (Å²) in [5.74, 6) is 1.01. The molecule has 3 aromatic carbocycles. The first-order valence-corrected chi connectivity index (χ1v) is 14.7. The molecule has 0 saturated heterocycles. The first-order valence-electron chi connectivity index (χ1n) is 14.7. The van der Waals surface area contributed by atoms with Crippen molar-refractivity contribution in [1.29, 1.82) is 0 Å². The summed E-state index contributed by atoms with van der Waals surface area (Å²) in [4.78, 5) is 47.5. The Balaban J connectivity index is 1.29. The molecule has 6 aromatic rings. The summed E-state index contributed by atoms with van der Waals surface area (Å²) in [5.41, 5.74) is 9.93. The van der Waals surface area contributed by atoms with Crippen LogP contribution in [0.5, 0.6) is 0 Å². The fourth-order valence-electron chi connectivity index (χ4n) is 5.30. The number of nitrogen functional groups attached to an aromatic ring is 1. The van der Waals surface area contributed by atoms with Crippen LogP contribution in [0.25, 0.3) is 27.8 Å². The third-order valence-corrected chi connectivity index (χ3v) is 7.47. The van der Waals surface area contributed by atoms with Gasteiger partial charge >= 0.3 is 6.09 Å². The van der Waals surface area contributed by atoms with E-state index in [9.17, 15) is 9.59 Å². The van der Waals surface area contributed by atoms with Gasteiger partial charge in [0.1, 0.15) is 17.9 Å². The lowest BCUT2D eigenvalue weighted by atomic mass is 10.1. The summed E-state index contributed by atoms with van der Waals surface area (Å²) in [7, 11) is 0. The number of anilines is 2. The molecule has 0 aliphatic rings. The molecule has 1 amide bonds. The minimum atomic E-state index is -0.484. The van der Waals surface area contributed by atoms with Crippen LogP contribution in [-0.2, 0) is 11.3 Å². The molecule has 1 atom stereocenters. The highest BCUT2D eigenvalue weighted by molar-refractivity contribution is 5.84. The number of amides is 1. The quantitative estimate of drug-likeness (QED) is 0.146. The topological polar surface area (TPSA) is 166 Å². The van der Waals surface area contributed by atoms with Gasteiger partial charge in [-0.2, -0.15) is 9.97 Å². The van der Waals surface area contributed by atoms with Gasteiger partial charge in [-0.05, 0) is 55.5 Å². The number of nitrogens with one attached hydrogen (secondary N) is 3.